The maximum atomic E-state index is 11.2. The number of aliphatic carboxylic acids is 1. The number of piperidine rings is 1. The van der Waals surface area contributed by atoms with Crippen LogP contribution < -0.4 is 5.32 Å². The van der Waals surface area contributed by atoms with E-state index < -0.39 is 11.9 Å². The van der Waals surface area contributed by atoms with Crippen LogP contribution in [-0.2, 0) is 9.59 Å². The lowest BCUT2D eigenvalue weighted by Gasteiger charge is -2.32. The fourth-order valence-corrected chi connectivity index (χ4v) is 2.48. The van der Waals surface area contributed by atoms with Crippen LogP contribution in [0.5, 0.6) is 0 Å². The van der Waals surface area contributed by atoms with Crippen LogP contribution in [0.4, 0.5) is 0 Å². The highest BCUT2D eigenvalue weighted by Gasteiger charge is 2.22. The summed E-state index contributed by atoms with van der Waals surface area (Å²) in [6.07, 6.45) is 7.94. The van der Waals surface area contributed by atoms with Gasteiger partial charge in [-0.2, -0.15) is 0 Å². The van der Waals surface area contributed by atoms with E-state index in [2.05, 4.69) is 5.32 Å². The molecule has 1 amide bonds. The molecule has 1 aliphatic heterocycles. The minimum atomic E-state index is -0.777. The van der Waals surface area contributed by atoms with Gasteiger partial charge < -0.3 is 15.3 Å². The molecule has 0 spiro atoms. The maximum absolute atomic E-state index is 11.2. The van der Waals surface area contributed by atoms with Gasteiger partial charge in [-0.15, -0.1) is 0 Å². The number of carbonyl (C=O) groups is 2. The van der Waals surface area contributed by atoms with E-state index in [0.717, 1.165) is 31.6 Å². The summed E-state index contributed by atoms with van der Waals surface area (Å²) in [7, 11) is 0. The number of carboxylic acid groups (broad SMARTS) is 1. The van der Waals surface area contributed by atoms with Crippen LogP contribution >= 0.6 is 0 Å². The SMILES string of the molecule is CC(=O)N1CCC(NC2=CCC(C(=O)O)C=C2)CC1. The minimum absolute atomic E-state index is 0.138. The standard InChI is InChI=1S/C14H20N2O3/c1-10(17)16-8-6-13(7-9-16)15-12-4-2-11(3-5-12)14(18)19/h2,4-5,11,13,15H,3,6-9H2,1H3,(H,18,19). The predicted molar refractivity (Wildman–Crippen MR) is 71.4 cm³/mol. The first-order valence-electron chi connectivity index (χ1n) is 6.69. The second-order valence-electron chi connectivity index (χ2n) is 5.12. The van der Waals surface area contributed by atoms with Crippen molar-refractivity contribution in [3.8, 4) is 0 Å². The van der Waals surface area contributed by atoms with Crippen molar-refractivity contribution in [3.05, 3.63) is 23.9 Å². The van der Waals surface area contributed by atoms with Crippen molar-refractivity contribution in [2.45, 2.75) is 32.2 Å². The summed E-state index contributed by atoms with van der Waals surface area (Å²) < 4.78 is 0. The second kappa shape index (κ2) is 5.91. The molecular formula is C14H20N2O3. The lowest BCUT2D eigenvalue weighted by atomic mass is 9.98. The van der Waals surface area contributed by atoms with Gasteiger partial charge in [-0.3, -0.25) is 9.59 Å². The number of carbonyl (C=O) groups excluding carboxylic acids is 1. The van der Waals surface area contributed by atoms with Crippen LogP contribution in [0.2, 0.25) is 0 Å². The van der Waals surface area contributed by atoms with Crippen LogP contribution in [0.25, 0.3) is 0 Å². The first-order chi connectivity index (χ1) is 9.06. The van der Waals surface area contributed by atoms with Gasteiger partial charge in [0.25, 0.3) is 0 Å². The van der Waals surface area contributed by atoms with Crippen molar-refractivity contribution in [3.63, 3.8) is 0 Å². The zero-order chi connectivity index (χ0) is 13.8. The Morgan fingerprint density at radius 2 is 2.05 bits per heavy atom. The smallest absolute Gasteiger partial charge is 0.310 e. The molecule has 2 N–H and O–H groups in total. The fraction of sp³-hybridized carbons (Fsp3) is 0.571. The van der Waals surface area contributed by atoms with E-state index in [-0.39, 0.29) is 5.91 Å². The van der Waals surface area contributed by atoms with Crippen molar-refractivity contribution in [2.24, 2.45) is 5.92 Å². The first-order valence-corrected chi connectivity index (χ1v) is 6.69. The van der Waals surface area contributed by atoms with Gasteiger partial charge in [0.05, 0.1) is 5.92 Å². The Labute approximate surface area is 113 Å². The summed E-state index contributed by atoms with van der Waals surface area (Å²) in [5.74, 6) is -1.04. The molecule has 0 aromatic carbocycles. The normalized spacial score (nSPS) is 23.9. The molecule has 0 saturated carbocycles. The predicted octanol–water partition coefficient (Wildman–Crippen LogP) is 1.13. The maximum Gasteiger partial charge on any atom is 0.310 e. The van der Waals surface area contributed by atoms with E-state index in [4.69, 9.17) is 5.11 Å². The summed E-state index contributed by atoms with van der Waals surface area (Å²) in [6.45, 7) is 3.19. The summed E-state index contributed by atoms with van der Waals surface area (Å²) in [4.78, 5) is 23.9. The van der Waals surface area contributed by atoms with Crippen LogP contribution in [0, 0.1) is 5.92 Å². The quantitative estimate of drug-likeness (QED) is 0.801. The molecule has 1 fully saturated rings. The van der Waals surface area contributed by atoms with Crippen LogP contribution in [0.1, 0.15) is 26.2 Å². The third-order valence-electron chi connectivity index (χ3n) is 3.73. The largest absolute Gasteiger partial charge is 0.481 e. The van der Waals surface area contributed by atoms with Gasteiger partial charge in [-0.25, -0.2) is 0 Å². The fourth-order valence-electron chi connectivity index (χ4n) is 2.48. The van der Waals surface area contributed by atoms with Crippen LogP contribution in [-0.4, -0.2) is 41.0 Å². The Morgan fingerprint density at radius 1 is 1.37 bits per heavy atom. The van der Waals surface area contributed by atoms with Crippen molar-refractivity contribution in [2.75, 3.05) is 13.1 Å². The average Bonchev–Trinajstić information content (AvgIpc) is 2.40. The Bertz CT molecular complexity index is 420. The van der Waals surface area contributed by atoms with E-state index in [1.54, 1.807) is 13.0 Å². The molecule has 19 heavy (non-hydrogen) atoms. The molecule has 5 nitrogen and oxygen atoms in total. The van der Waals surface area contributed by atoms with Crippen molar-refractivity contribution in [1.29, 1.82) is 0 Å². The van der Waals surface area contributed by atoms with Gasteiger partial charge in [0.2, 0.25) is 5.91 Å². The zero-order valence-electron chi connectivity index (χ0n) is 11.1. The number of hydrogen-bond donors (Lipinski definition) is 2. The Hall–Kier alpha value is -1.78. The molecule has 1 aliphatic carbocycles. The van der Waals surface area contributed by atoms with Crippen molar-refractivity contribution in [1.82, 2.24) is 10.2 Å². The summed E-state index contributed by atoms with van der Waals surface area (Å²) in [6, 6.07) is 0.368. The summed E-state index contributed by atoms with van der Waals surface area (Å²) in [5, 5.41) is 12.3. The van der Waals surface area contributed by atoms with Crippen molar-refractivity contribution >= 4 is 11.9 Å². The third kappa shape index (κ3) is 3.59. The number of likely N-dealkylation sites (tertiary alicyclic amines) is 1. The van der Waals surface area contributed by atoms with E-state index in [9.17, 15) is 9.59 Å². The van der Waals surface area contributed by atoms with Gasteiger partial charge in [-0.1, -0.05) is 12.2 Å². The van der Waals surface area contributed by atoms with Crippen molar-refractivity contribution < 1.29 is 14.7 Å². The number of amides is 1. The monoisotopic (exact) mass is 264 g/mol. The van der Waals surface area contributed by atoms with Crippen LogP contribution in [0.3, 0.4) is 0 Å². The molecule has 2 rings (SSSR count). The number of carboxylic acids is 1. The lowest BCUT2D eigenvalue weighted by Crippen LogP contribution is -2.43. The van der Waals surface area contributed by atoms with E-state index >= 15 is 0 Å². The number of allylic oxidation sites excluding steroid dienone is 2. The minimum Gasteiger partial charge on any atom is -0.481 e. The summed E-state index contributed by atoms with van der Waals surface area (Å²) in [5.41, 5.74) is 0.999. The molecule has 5 heteroatoms. The molecule has 104 valence electrons. The Kier molecular flexibility index (Phi) is 4.24. The van der Waals surface area contributed by atoms with Gasteiger partial charge in [0, 0.05) is 31.8 Å². The topological polar surface area (TPSA) is 69.6 Å². The molecular weight excluding hydrogens is 244 g/mol. The number of nitrogens with zero attached hydrogens (tertiary/aromatic N) is 1. The Balaban J connectivity index is 1.80. The molecule has 0 aromatic rings. The third-order valence-corrected chi connectivity index (χ3v) is 3.73. The molecule has 0 bridgehead atoms. The van der Waals surface area contributed by atoms with Gasteiger partial charge in [0.15, 0.2) is 0 Å². The van der Waals surface area contributed by atoms with E-state index in [1.165, 1.54) is 0 Å². The van der Waals surface area contributed by atoms with Gasteiger partial charge in [0.1, 0.15) is 0 Å². The van der Waals surface area contributed by atoms with E-state index in [0.29, 0.717) is 12.5 Å². The zero-order valence-corrected chi connectivity index (χ0v) is 11.1. The highest BCUT2D eigenvalue weighted by atomic mass is 16.4. The molecule has 0 aromatic heterocycles. The number of rotatable bonds is 3. The highest BCUT2D eigenvalue weighted by Crippen LogP contribution is 2.18. The molecule has 1 saturated heterocycles. The second-order valence-corrected chi connectivity index (χ2v) is 5.12. The van der Waals surface area contributed by atoms with E-state index in [1.807, 2.05) is 17.1 Å². The molecule has 1 atom stereocenters. The first kappa shape index (κ1) is 13.6. The molecule has 2 aliphatic rings. The average molecular weight is 264 g/mol. The molecule has 1 heterocycles. The molecule has 0 radical (unpaired) electrons. The summed E-state index contributed by atoms with van der Waals surface area (Å²) >= 11 is 0. The lowest BCUT2D eigenvalue weighted by molar-refractivity contribution is -0.140. The highest BCUT2D eigenvalue weighted by molar-refractivity contribution is 5.73. The van der Waals surface area contributed by atoms with Gasteiger partial charge >= 0.3 is 5.97 Å². The number of hydrogen-bond acceptors (Lipinski definition) is 3. The van der Waals surface area contributed by atoms with Gasteiger partial charge in [-0.05, 0) is 25.3 Å². The number of nitrogens with one attached hydrogen (secondary N) is 1. The van der Waals surface area contributed by atoms with Crippen LogP contribution in [0.15, 0.2) is 23.9 Å². The Morgan fingerprint density at radius 3 is 2.53 bits per heavy atom. The molecule has 1 unspecified atom stereocenters.